The molecule has 11 heavy (non-hydrogen) atoms. The van der Waals surface area contributed by atoms with Crippen LogP contribution in [0.3, 0.4) is 0 Å². The summed E-state index contributed by atoms with van der Waals surface area (Å²) in [6.07, 6.45) is 2.16. The van der Waals surface area contributed by atoms with Crippen LogP contribution in [0, 0.1) is 0 Å². The van der Waals surface area contributed by atoms with Gasteiger partial charge in [0.25, 0.3) is 0 Å². The van der Waals surface area contributed by atoms with Crippen molar-refractivity contribution < 1.29 is 9.47 Å². The maximum atomic E-state index is 5.60. The van der Waals surface area contributed by atoms with Gasteiger partial charge in [0.05, 0.1) is 6.61 Å². The van der Waals surface area contributed by atoms with E-state index in [0.717, 1.165) is 26.1 Å². The largest absolute Gasteiger partial charge is 0.379 e. The molecule has 1 aliphatic heterocycles. The zero-order valence-corrected chi connectivity index (χ0v) is 7.14. The molecule has 3 heteroatoms. The Morgan fingerprint density at radius 3 is 2.91 bits per heavy atom. The molecule has 0 saturated carbocycles. The van der Waals surface area contributed by atoms with Crippen molar-refractivity contribution >= 4 is 0 Å². The average Bonchev–Trinajstić information content (AvgIpc) is 2.50. The molecule has 1 aliphatic rings. The molecule has 1 unspecified atom stereocenters. The molecule has 0 aliphatic carbocycles. The van der Waals surface area contributed by atoms with Gasteiger partial charge in [-0.1, -0.05) is 0 Å². The Morgan fingerprint density at radius 2 is 2.45 bits per heavy atom. The molecule has 1 fully saturated rings. The summed E-state index contributed by atoms with van der Waals surface area (Å²) < 4.78 is 10.8. The molecule has 2 N–H and O–H groups in total. The van der Waals surface area contributed by atoms with E-state index in [4.69, 9.17) is 15.2 Å². The molecule has 66 valence electrons. The summed E-state index contributed by atoms with van der Waals surface area (Å²) in [5.74, 6) is 0. The Hall–Kier alpha value is -0.120. The lowest BCUT2D eigenvalue weighted by Crippen LogP contribution is -2.41. The summed E-state index contributed by atoms with van der Waals surface area (Å²) in [7, 11) is 0. The average molecular weight is 159 g/mol. The molecule has 0 spiro atoms. The van der Waals surface area contributed by atoms with E-state index in [0.29, 0.717) is 13.2 Å². The van der Waals surface area contributed by atoms with Crippen molar-refractivity contribution in [2.75, 3.05) is 26.4 Å². The third-order valence-electron chi connectivity index (χ3n) is 2.13. The van der Waals surface area contributed by atoms with Gasteiger partial charge in [-0.15, -0.1) is 0 Å². The van der Waals surface area contributed by atoms with Crippen LogP contribution in [0.1, 0.15) is 19.8 Å². The molecule has 3 nitrogen and oxygen atoms in total. The molecule has 1 atom stereocenters. The van der Waals surface area contributed by atoms with Gasteiger partial charge in [0.1, 0.15) is 5.60 Å². The van der Waals surface area contributed by atoms with Crippen LogP contribution in [-0.4, -0.2) is 32.0 Å². The zero-order valence-electron chi connectivity index (χ0n) is 7.14. The van der Waals surface area contributed by atoms with Gasteiger partial charge in [0.15, 0.2) is 0 Å². The second-order valence-corrected chi connectivity index (χ2v) is 2.98. The minimum Gasteiger partial charge on any atom is -0.379 e. The van der Waals surface area contributed by atoms with E-state index in [9.17, 15) is 0 Å². The first-order valence-electron chi connectivity index (χ1n) is 4.25. The van der Waals surface area contributed by atoms with Crippen LogP contribution in [-0.2, 0) is 9.47 Å². The fourth-order valence-corrected chi connectivity index (χ4v) is 1.38. The van der Waals surface area contributed by atoms with Crippen molar-refractivity contribution in [1.29, 1.82) is 0 Å². The summed E-state index contributed by atoms with van der Waals surface area (Å²) >= 11 is 0. The molecule has 0 amide bonds. The van der Waals surface area contributed by atoms with E-state index in [-0.39, 0.29) is 5.60 Å². The maximum Gasteiger partial charge on any atom is 0.104 e. The molecule has 1 saturated heterocycles. The first kappa shape index (κ1) is 8.97. The number of hydrogen-bond donors (Lipinski definition) is 1. The van der Waals surface area contributed by atoms with Crippen molar-refractivity contribution in [1.82, 2.24) is 0 Å². The molecular weight excluding hydrogens is 142 g/mol. The summed E-state index contributed by atoms with van der Waals surface area (Å²) in [6.45, 7) is 4.79. The summed E-state index contributed by atoms with van der Waals surface area (Å²) in [5.41, 5.74) is 5.45. The van der Waals surface area contributed by atoms with E-state index in [1.54, 1.807) is 0 Å². The van der Waals surface area contributed by atoms with Gasteiger partial charge in [-0.25, -0.2) is 0 Å². The Labute approximate surface area is 67.9 Å². The quantitative estimate of drug-likeness (QED) is 0.650. The molecular formula is C8H17NO2. The standard InChI is InChI=1S/C8H17NO2/c1-2-10-7-8(6-9)4-3-5-11-8/h2-7,9H2,1H3. The van der Waals surface area contributed by atoms with E-state index in [2.05, 4.69) is 0 Å². The first-order valence-corrected chi connectivity index (χ1v) is 4.25. The SMILES string of the molecule is CCOCC1(CN)CCCO1. The number of rotatable bonds is 4. The summed E-state index contributed by atoms with van der Waals surface area (Å²) in [6, 6.07) is 0. The van der Waals surface area contributed by atoms with E-state index >= 15 is 0 Å². The fourth-order valence-electron chi connectivity index (χ4n) is 1.38. The van der Waals surface area contributed by atoms with Crippen LogP contribution in [0.15, 0.2) is 0 Å². The minimum atomic E-state index is -0.157. The van der Waals surface area contributed by atoms with Crippen LogP contribution >= 0.6 is 0 Å². The predicted octanol–water partition coefficient (Wildman–Crippen LogP) is 0.531. The lowest BCUT2D eigenvalue weighted by molar-refractivity contribution is -0.0546. The van der Waals surface area contributed by atoms with E-state index in [1.165, 1.54) is 0 Å². The molecule has 0 radical (unpaired) electrons. The Bertz CT molecular complexity index is 111. The van der Waals surface area contributed by atoms with Gasteiger partial charge in [-0.2, -0.15) is 0 Å². The predicted molar refractivity (Wildman–Crippen MR) is 43.5 cm³/mol. The highest BCUT2D eigenvalue weighted by molar-refractivity contribution is 4.85. The highest BCUT2D eigenvalue weighted by atomic mass is 16.5. The minimum absolute atomic E-state index is 0.157. The highest BCUT2D eigenvalue weighted by Gasteiger charge is 2.33. The smallest absolute Gasteiger partial charge is 0.104 e. The van der Waals surface area contributed by atoms with Crippen molar-refractivity contribution in [3.05, 3.63) is 0 Å². The van der Waals surface area contributed by atoms with Crippen molar-refractivity contribution in [3.63, 3.8) is 0 Å². The van der Waals surface area contributed by atoms with Gasteiger partial charge in [0.2, 0.25) is 0 Å². The zero-order chi connectivity index (χ0) is 8.16. The van der Waals surface area contributed by atoms with Crippen LogP contribution in [0.25, 0.3) is 0 Å². The molecule has 0 aromatic rings. The summed E-state index contributed by atoms with van der Waals surface area (Å²) in [5, 5.41) is 0. The normalized spacial score (nSPS) is 31.1. The topological polar surface area (TPSA) is 44.5 Å². The van der Waals surface area contributed by atoms with Crippen molar-refractivity contribution in [2.45, 2.75) is 25.4 Å². The highest BCUT2D eigenvalue weighted by Crippen LogP contribution is 2.24. The van der Waals surface area contributed by atoms with E-state index < -0.39 is 0 Å². The Morgan fingerprint density at radius 1 is 1.64 bits per heavy atom. The van der Waals surface area contributed by atoms with Gasteiger partial charge in [-0.3, -0.25) is 0 Å². The molecule has 0 aromatic carbocycles. The van der Waals surface area contributed by atoms with Crippen LogP contribution in [0.2, 0.25) is 0 Å². The molecule has 0 bridgehead atoms. The lowest BCUT2D eigenvalue weighted by Gasteiger charge is -2.25. The Balaban J connectivity index is 2.33. The Kier molecular flexibility index (Phi) is 3.30. The third kappa shape index (κ3) is 2.15. The molecule has 1 rings (SSSR count). The van der Waals surface area contributed by atoms with Gasteiger partial charge in [0, 0.05) is 19.8 Å². The fraction of sp³-hybridized carbons (Fsp3) is 1.00. The monoisotopic (exact) mass is 159 g/mol. The number of nitrogens with two attached hydrogens (primary N) is 1. The van der Waals surface area contributed by atoms with Gasteiger partial charge >= 0.3 is 0 Å². The lowest BCUT2D eigenvalue weighted by atomic mass is 10.0. The van der Waals surface area contributed by atoms with Crippen LogP contribution < -0.4 is 5.73 Å². The second kappa shape index (κ2) is 4.04. The summed E-state index contributed by atoms with van der Waals surface area (Å²) in [4.78, 5) is 0. The number of hydrogen-bond acceptors (Lipinski definition) is 3. The first-order chi connectivity index (χ1) is 5.33. The van der Waals surface area contributed by atoms with Crippen LogP contribution in [0.5, 0.6) is 0 Å². The maximum absolute atomic E-state index is 5.60. The second-order valence-electron chi connectivity index (χ2n) is 2.98. The van der Waals surface area contributed by atoms with Gasteiger partial charge in [-0.05, 0) is 19.8 Å². The van der Waals surface area contributed by atoms with Crippen molar-refractivity contribution in [2.24, 2.45) is 5.73 Å². The van der Waals surface area contributed by atoms with Crippen LogP contribution in [0.4, 0.5) is 0 Å². The number of ether oxygens (including phenoxy) is 2. The molecule has 0 aromatic heterocycles. The third-order valence-corrected chi connectivity index (χ3v) is 2.13. The van der Waals surface area contributed by atoms with Crippen molar-refractivity contribution in [3.8, 4) is 0 Å². The van der Waals surface area contributed by atoms with Gasteiger partial charge < -0.3 is 15.2 Å². The van der Waals surface area contributed by atoms with E-state index in [1.807, 2.05) is 6.92 Å². The molecule has 1 heterocycles.